The number of benzene rings is 2. The Hall–Kier alpha value is -2.69. The number of anilines is 1. The second-order valence-corrected chi connectivity index (χ2v) is 6.03. The number of fused-ring (bicyclic) bond motifs is 3. The highest BCUT2D eigenvalue weighted by Crippen LogP contribution is 2.50. The van der Waals surface area contributed by atoms with Gasteiger partial charge in [-0.05, 0) is 30.0 Å². The summed E-state index contributed by atoms with van der Waals surface area (Å²) in [4.78, 5) is 10.6. The second kappa shape index (κ2) is 5.19. The first kappa shape index (κ1) is 13.9. The third-order valence-corrected chi connectivity index (χ3v) is 4.80. The van der Waals surface area contributed by atoms with Crippen LogP contribution in [0.15, 0.2) is 54.6 Å². The topological polar surface area (TPSA) is 55.2 Å². The van der Waals surface area contributed by atoms with Crippen molar-refractivity contribution < 1.29 is 9.31 Å². The molecule has 0 radical (unpaired) electrons. The van der Waals surface area contributed by atoms with Gasteiger partial charge in [0.25, 0.3) is 5.69 Å². The lowest BCUT2D eigenvalue weighted by Crippen LogP contribution is -2.29. The van der Waals surface area contributed by atoms with E-state index in [0.29, 0.717) is 5.56 Å². The molecule has 116 valence electrons. The second-order valence-electron chi connectivity index (χ2n) is 6.03. The first-order valence-electron chi connectivity index (χ1n) is 7.61. The number of nitrogens with one attached hydrogen (secondary N) is 1. The largest absolute Gasteiger partial charge is 0.378 e. The average Bonchev–Trinajstić information content (AvgIpc) is 3.04. The van der Waals surface area contributed by atoms with Crippen molar-refractivity contribution in [2.45, 2.75) is 18.4 Å². The summed E-state index contributed by atoms with van der Waals surface area (Å²) in [7, 11) is 0. The van der Waals surface area contributed by atoms with Crippen molar-refractivity contribution in [3.8, 4) is 0 Å². The molecule has 2 aromatic carbocycles. The van der Waals surface area contributed by atoms with Crippen LogP contribution in [0, 0.1) is 21.8 Å². The van der Waals surface area contributed by atoms with Crippen molar-refractivity contribution in [2.75, 3.05) is 5.32 Å². The van der Waals surface area contributed by atoms with Crippen LogP contribution in [0.5, 0.6) is 0 Å². The smallest absolute Gasteiger partial charge is 0.269 e. The number of nitro groups is 1. The van der Waals surface area contributed by atoms with E-state index in [9.17, 15) is 14.5 Å². The molecule has 2 aliphatic rings. The molecule has 4 rings (SSSR count). The van der Waals surface area contributed by atoms with Crippen molar-refractivity contribution in [3.63, 3.8) is 0 Å². The minimum absolute atomic E-state index is 0.0794. The minimum atomic E-state index is -0.378. The van der Waals surface area contributed by atoms with Gasteiger partial charge >= 0.3 is 0 Å². The van der Waals surface area contributed by atoms with Gasteiger partial charge in [0.15, 0.2) is 0 Å². The predicted molar refractivity (Wildman–Crippen MR) is 85.8 cm³/mol. The fourth-order valence-electron chi connectivity index (χ4n) is 3.73. The molecule has 4 nitrogen and oxygen atoms in total. The lowest BCUT2D eigenvalue weighted by Gasteiger charge is -2.37. The fraction of sp³-hybridized carbons (Fsp3) is 0.222. The SMILES string of the molecule is O=[N+]([O-])c1ccc2c(c1)[C@@H]1C=CC[C@@H]1[C@H](c1ccccc1F)N2. The van der Waals surface area contributed by atoms with Gasteiger partial charge in [0.2, 0.25) is 0 Å². The molecule has 0 unspecified atom stereocenters. The van der Waals surface area contributed by atoms with E-state index in [1.165, 1.54) is 12.1 Å². The van der Waals surface area contributed by atoms with E-state index in [1.807, 2.05) is 6.07 Å². The van der Waals surface area contributed by atoms with Gasteiger partial charge < -0.3 is 5.32 Å². The Labute approximate surface area is 132 Å². The van der Waals surface area contributed by atoms with E-state index >= 15 is 0 Å². The van der Waals surface area contributed by atoms with Crippen LogP contribution < -0.4 is 5.32 Å². The molecule has 1 aliphatic heterocycles. The Morgan fingerprint density at radius 3 is 2.78 bits per heavy atom. The van der Waals surface area contributed by atoms with Crippen LogP contribution in [-0.4, -0.2) is 4.92 Å². The first-order valence-corrected chi connectivity index (χ1v) is 7.61. The van der Waals surface area contributed by atoms with Gasteiger partial charge in [-0.15, -0.1) is 0 Å². The zero-order chi connectivity index (χ0) is 16.0. The Morgan fingerprint density at radius 2 is 2.00 bits per heavy atom. The molecule has 2 aromatic rings. The molecule has 3 atom stereocenters. The van der Waals surface area contributed by atoms with E-state index in [4.69, 9.17) is 0 Å². The molecule has 1 heterocycles. The maximum Gasteiger partial charge on any atom is 0.269 e. The minimum Gasteiger partial charge on any atom is -0.378 e. The molecule has 23 heavy (non-hydrogen) atoms. The van der Waals surface area contributed by atoms with Crippen LogP contribution in [0.4, 0.5) is 15.8 Å². The molecular weight excluding hydrogens is 295 g/mol. The third kappa shape index (κ3) is 2.20. The molecule has 1 N–H and O–H groups in total. The molecule has 5 heteroatoms. The van der Waals surface area contributed by atoms with Crippen LogP contribution in [0.25, 0.3) is 0 Å². The van der Waals surface area contributed by atoms with E-state index in [1.54, 1.807) is 24.3 Å². The monoisotopic (exact) mass is 310 g/mol. The van der Waals surface area contributed by atoms with Crippen LogP contribution in [-0.2, 0) is 0 Å². The van der Waals surface area contributed by atoms with Gasteiger partial charge in [-0.3, -0.25) is 10.1 Å². The van der Waals surface area contributed by atoms with Crippen molar-refractivity contribution in [2.24, 2.45) is 5.92 Å². The highest BCUT2D eigenvalue weighted by molar-refractivity contribution is 5.62. The number of hydrogen-bond acceptors (Lipinski definition) is 3. The highest BCUT2D eigenvalue weighted by atomic mass is 19.1. The summed E-state index contributed by atoms with van der Waals surface area (Å²) in [6.07, 6.45) is 5.00. The molecule has 0 saturated carbocycles. The van der Waals surface area contributed by atoms with Crippen molar-refractivity contribution in [1.29, 1.82) is 0 Å². The Morgan fingerprint density at radius 1 is 1.17 bits per heavy atom. The Balaban J connectivity index is 1.81. The van der Waals surface area contributed by atoms with E-state index < -0.39 is 0 Å². The summed E-state index contributed by atoms with van der Waals surface area (Å²) in [6, 6.07) is 11.5. The Kier molecular flexibility index (Phi) is 3.15. The molecule has 0 amide bonds. The standard InChI is InChI=1S/C18H15FN2O2/c19-16-7-2-1-4-14(16)18-13-6-3-5-12(13)15-10-11(21(22)23)8-9-17(15)20-18/h1-5,7-10,12-13,18,20H,6H2/t12-,13+,18-/m1/s1. The van der Waals surface area contributed by atoms with Gasteiger partial charge in [0.1, 0.15) is 5.82 Å². The zero-order valence-electron chi connectivity index (χ0n) is 12.3. The lowest BCUT2D eigenvalue weighted by molar-refractivity contribution is -0.384. The quantitative estimate of drug-likeness (QED) is 0.502. The number of rotatable bonds is 2. The number of nitro benzene ring substituents is 1. The maximum atomic E-state index is 14.2. The number of nitrogens with zero attached hydrogens (tertiary/aromatic N) is 1. The highest BCUT2D eigenvalue weighted by Gasteiger charge is 2.39. The summed E-state index contributed by atoms with van der Waals surface area (Å²) in [6.45, 7) is 0. The lowest BCUT2D eigenvalue weighted by atomic mass is 9.77. The van der Waals surface area contributed by atoms with Crippen molar-refractivity contribution in [3.05, 3.63) is 81.7 Å². The number of hydrogen-bond donors (Lipinski definition) is 1. The van der Waals surface area contributed by atoms with Gasteiger partial charge in [-0.2, -0.15) is 0 Å². The average molecular weight is 310 g/mol. The van der Waals surface area contributed by atoms with Gasteiger partial charge in [-0.25, -0.2) is 4.39 Å². The van der Waals surface area contributed by atoms with Crippen LogP contribution in [0.3, 0.4) is 0 Å². The molecule has 0 aromatic heterocycles. The van der Waals surface area contributed by atoms with E-state index in [-0.39, 0.29) is 34.3 Å². The van der Waals surface area contributed by atoms with Crippen LogP contribution in [0.2, 0.25) is 0 Å². The normalized spacial score (nSPS) is 24.7. The summed E-state index contributed by atoms with van der Waals surface area (Å²) < 4.78 is 14.2. The number of non-ortho nitro benzene ring substituents is 1. The molecule has 0 bridgehead atoms. The van der Waals surface area contributed by atoms with E-state index in [2.05, 4.69) is 17.5 Å². The summed E-state index contributed by atoms with van der Waals surface area (Å²) >= 11 is 0. The van der Waals surface area contributed by atoms with E-state index in [0.717, 1.165) is 17.7 Å². The number of halogens is 1. The Bertz CT molecular complexity index is 818. The summed E-state index contributed by atoms with van der Waals surface area (Å²) in [5.41, 5.74) is 2.51. The van der Waals surface area contributed by atoms with Gasteiger partial charge in [0.05, 0.1) is 11.0 Å². The molecule has 0 fully saturated rings. The molecule has 0 saturated heterocycles. The molecule has 1 aliphatic carbocycles. The van der Waals surface area contributed by atoms with Crippen molar-refractivity contribution in [1.82, 2.24) is 0 Å². The van der Waals surface area contributed by atoms with Gasteiger partial charge in [-0.1, -0.05) is 30.4 Å². The molecule has 0 spiro atoms. The molecular formula is C18H15FN2O2. The summed E-state index contributed by atoms with van der Waals surface area (Å²) in [5, 5.41) is 14.4. The predicted octanol–water partition coefficient (Wildman–Crippen LogP) is 4.56. The zero-order valence-corrected chi connectivity index (χ0v) is 12.3. The van der Waals surface area contributed by atoms with Gasteiger partial charge in [0, 0.05) is 29.3 Å². The van der Waals surface area contributed by atoms with Crippen LogP contribution in [0.1, 0.15) is 29.5 Å². The third-order valence-electron chi connectivity index (χ3n) is 4.80. The first-order chi connectivity index (χ1) is 11.1. The van der Waals surface area contributed by atoms with Crippen LogP contribution >= 0.6 is 0 Å². The fourth-order valence-corrected chi connectivity index (χ4v) is 3.73. The number of allylic oxidation sites excluding steroid dienone is 2. The van der Waals surface area contributed by atoms with Crippen molar-refractivity contribution >= 4 is 11.4 Å². The maximum absolute atomic E-state index is 14.2. The summed E-state index contributed by atoms with van der Waals surface area (Å²) in [5.74, 6) is 0.0261.